The first-order valence-corrected chi connectivity index (χ1v) is 19.0. The predicted molar refractivity (Wildman–Crippen MR) is 224 cm³/mol. The molecular formula is C51H36N2. The Morgan fingerprint density at radius 2 is 1.40 bits per heavy atom. The summed E-state index contributed by atoms with van der Waals surface area (Å²) in [5.41, 5.74) is 13.1. The maximum absolute atomic E-state index is 3.97. The molecule has 2 heteroatoms. The summed E-state index contributed by atoms with van der Waals surface area (Å²) in [5.74, 6) is 0.432. The third-order valence-corrected chi connectivity index (χ3v) is 12.3. The van der Waals surface area contributed by atoms with Crippen molar-refractivity contribution in [3.8, 4) is 11.1 Å². The van der Waals surface area contributed by atoms with Crippen LogP contribution in [-0.2, 0) is 0 Å². The molecule has 0 amide bonds. The summed E-state index contributed by atoms with van der Waals surface area (Å²) in [7, 11) is 0. The maximum atomic E-state index is 3.97. The highest BCUT2D eigenvalue weighted by Crippen LogP contribution is 2.59. The molecule has 53 heavy (non-hydrogen) atoms. The second-order valence-electron chi connectivity index (χ2n) is 15.2. The van der Waals surface area contributed by atoms with Gasteiger partial charge in [0, 0.05) is 22.7 Å². The molecule has 250 valence electrons. The molecule has 0 saturated carbocycles. The maximum Gasteiger partial charge on any atom is 0.0707 e. The normalized spacial score (nSPS) is 19.6. The molecule has 8 aromatic rings. The molecule has 4 aliphatic rings. The Hall–Kier alpha value is -6.38. The minimum absolute atomic E-state index is 0.000337. The molecule has 2 heterocycles. The van der Waals surface area contributed by atoms with Crippen LogP contribution in [0.4, 0.5) is 11.4 Å². The number of fused-ring (bicyclic) bond motifs is 11. The number of allylic oxidation sites excluding steroid dienone is 3. The molecule has 2 nitrogen and oxygen atoms in total. The zero-order valence-electron chi connectivity index (χ0n) is 29.3. The van der Waals surface area contributed by atoms with E-state index in [4.69, 9.17) is 0 Å². The van der Waals surface area contributed by atoms with Gasteiger partial charge in [-0.25, -0.2) is 0 Å². The van der Waals surface area contributed by atoms with Crippen LogP contribution < -0.4 is 10.2 Å². The molecule has 0 radical (unpaired) electrons. The van der Waals surface area contributed by atoms with E-state index >= 15 is 0 Å². The van der Waals surface area contributed by atoms with Crippen molar-refractivity contribution in [1.29, 1.82) is 0 Å². The highest BCUT2D eigenvalue weighted by atomic mass is 15.2. The van der Waals surface area contributed by atoms with Gasteiger partial charge in [0.1, 0.15) is 0 Å². The average Bonchev–Trinajstić information content (AvgIpc) is 3.83. The lowest BCUT2D eigenvalue weighted by atomic mass is 9.82. The van der Waals surface area contributed by atoms with E-state index in [1.165, 1.54) is 93.4 Å². The van der Waals surface area contributed by atoms with Crippen LogP contribution in [0.1, 0.15) is 47.1 Å². The smallest absolute Gasteiger partial charge is 0.0707 e. The lowest BCUT2D eigenvalue weighted by molar-refractivity contribution is 0.575. The lowest BCUT2D eigenvalue weighted by Crippen LogP contribution is -2.30. The molecule has 2 aliphatic heterocycles. The number of rotatable bonds is 4. The van der Waals surface area contributed by atoms with Crippen molar-refractivity contribution in [3.63, 3.8) is 0 Å². The van der Waals surface area contributed by atoms with Gasteiger partial charge in [-0.15, -0.1) is 0 Å². The SMILES string of the molecule is C1=CC2C(CC1)c1c(c3ccccc3c3cc4c5c-4cccc5c13)N2c1cccc(C2C=C(c3ccccc3)C=C(c3ccc4ccccc4c3)N2)c1. The highest BCUT2D eigenvalue weighted by molar-refractivity contribution is 6.33. The van der Waals surface area contributed by atoms with Crippen LogP contribution in [-0.4, -0.2) is 6.04 Å². The summed E-state index contributed by atoms with van der Waals surface area (Å²) in [6.07, 6.45) is 11.9. The van der Waals surface area contributed by atoms with E-state index in [1.807, 2.05) is 0 Å². The van der Waals surface area contributed by atoms with E-state index in [9.17, 15) is 0 Å². The Morgan fingerprint density at radius 1 is 0.585 bits per heavy atom. The summed E-state index contributed by atoms with van der Waals surface area (Å²) in [6, 6.07) is 54.4. The van der Waals surface area contributed by atoms with Crippen LogP contribution in [0, 0.1) is 0 Å². The number of nitrogens with zero attached hydrogens (tertiary/aromatic N) is 1. The fraction of sp³-hybridized carbons (Fsp3) is 0.0980. The van der Waals surface area contributed by atoms with E-state index in [-0.39, 0.29) is 12.1 Å². The Morgan fingerprint density at radius 3 is 2.32 bits per heavy atom. The van der Waals surface area contributed by atoms with Crippen molar-refractivity contribution in [2.75, 3.05) is 4.90 Å². The molecule has 2 aliphatic carbocycles. The summed E-state index contributed by atoms with van der Waals surface area (Å²) in [6.45, 7) is 0. The van der Waals surface area contributed by atoms with Gasteiger partial charge in [0.05, 0.1) is 17.8 Å². The summed E-state index contributed by atoms with van der Waals surface area (Å²) in [5, 5.41) is 15.0. The third-order valence-electron chi connectivity index (χ3n) is 12.3. The van der Waals surface area contributed by atoms with Gasteiger partial charge in [-0.2, -0.15) is 0 Å². The molecule has 1 N–H and O–H groups in total. The van der Waals surface area contributed by atoms with Gasteiger partial charge in [-0.3, -0.25) is 0 Å². The first kappa shape index (κ1) is 29.2. The van der Waals surface area contributed by atoms with E-state index in [1.54, 1.807) is 0 Å². The van der Waals surface area contributed by atoms with Crippen molar-refractivity contribution in [3.05, 3.63) is 192 Å². The molecule has 12 rings (SSSR count). The number of benzene rings is 8. The quantitative estimate of drug-likeness (QED) is 0.147. The van der Waals surface area contributed by atoms with E-state index in [0.29, 0.717) is 5.92 Å². The zero-order chi connectivity index (χ0) is 34.6. The standard InChI is InChI=1S/C51H36N2/c1-2-12-31(13-3-1)36-28-45(52-46(29-36)35-25-24-32-14-4-5-15-33(32)26-35)34-16-10-17-37(27-34)53-47-23-9-8-20-41(47)50-49-42-22-11-21-39-44(48(39)42)30-43(49)38-18-6-7-19-40(38)51(50)53/h1-7,9-19,21-30,41,45,47,52H,8,20H2. The van der Waals surface area contributed by atoms with Gasteiger partial charge >= 0.3 is 0 Å². The average molecular weight is 677 g/mol. The largest absolute Gasteiger partial charge is 0.374 e. The second kappa shape index (κ2) is 11.1. The van der Waals surface area contributed by atoms with E-state index in [0.717, 1.165) is 18.5 Å². The molecule has 0 spiro atoms. The first-order chi connectivity index (χ1) is 26.3. The molecule has 3 unspecified atom stereocenters. The van der Waals surface area contributed by atoms with Gasteiger partial charge in [-0.05, 0) is 126 Å². The van der Waals surface area contributed by atoms with Crippen LogP contribution in [0.3, 0.4) is 0 Å². The predicted octanol–water partition coefficient (Wildman–Crippen LogP) is 13.0. The number of dihydropyridines is 1. The van der Waals surface area contributed by atoms with Gasteiger partial charge in [0.2, 0.25) is 0 Å². The fourth-order valence-corrected chi connectivity index (χ4v) is 9.90. The molecule has 3 atom stereocenters. The highest BCUT2D eigenvalue weighted by Gasteiger charge is 2.42. The Labute approximate surface area is 309 Å². The van der Waals surface area contributed by atoms with Crippen LogP contribution in [0.25, 0.3) is 65.5 Å². The topological polar surface area (TPSA) is 15.3 Å². The van der Waals surface area contributed by atoms with Crippen LogP contribution in [0.15, 0.2) is 170 Å². The molecule has 8 aromatic carbocycles. The lowest BCUT2D eigenvalue weighted by Gasteiger charge is -2.32. The Balaban J connectivity index is 1.03. The van der Waals surface area contributed by atoms with Gasteiger partial charge < -0.3 is 10.2 Å². The fourth-order valence-electron chi connectivity index (χ4n) is 9.90. The van der Waals surface area contributed by atoms with Crippen LogP contribution >= 0.6 is 0 Å². The van der Waals surface area contributed by atoms with Gasteiger partial charge in [0.15, 0.2) is 0 Å². The molecule has 0 saturated heterocycles. The molecule has 0 aromatic heterocycles. The Kier molecular flexibility index (Phi) is 6.10. The molecule has 0 fully saturated rings. The van der Waals surface area contributed by atoms with E-state index < -0.39 is 0 Å². The van der Waals surface area contributed by atoms with Crippen LogP contribution in [0.2, 0.25) is 0 Å². The summed E-state index contributed by atoms with van der Waals surface area (Å²) in [4.78, 5) is 2.69. The Bertz CT molecular complexity index is 2950. The van der Waals surface area contributed by atoms with Crippen molar-refractivity contribution >= 4 is 65.7 Å². The summed E-state index contributed by atoms with van der Waals surface area (Å²) >= 11 is 0. The summed E-state index contributed by atoms with van der Waals surface area (Å²) < 4.78 is 0. The van der Waals surface area contributed by atoms with Crippen molar-refractivity contribution < 1.29 is 0 Å². The third kappa shape index (κ3) is 4.33. The number of hydrogen-bond donors (Lipinski definition) is 1. The second-order valence-corrected chi connectivity index (χ2v) is 15.2. The molecular weight excluding hydrogens is 641 g/mol. The minimum Gasteiger partial charge on any atom is -0.374 e. The minimum atomic E-state index is -0.000337. The van der Waals surface area contributed by atoms with Crippen molar-refractivity contribution in [2.24, 2.45) is 0 Å². The van der Waals surface area contributed by atoms with Crippen LogP contribution in [0.5, 0.6) is 0 Å². The number of hydrogen-bond acceptors (Lipinski definition) is 2. The van der Waals surface area contributed by atoms with Crippen molar-refractivity contribution in [1.82, 2.24) is 5.32 Å². The van der Waals surface area contributed by atoms with Crippen molar-refractivity contribution in [2.45, 2.75) is 30.8 Å². The number of anilines is 2. The van der Waals surface area contributed by atoms with Gasteiger partial charge in [-0.1, -0.05) is 133 Å². The first-order valence-electron chi connectivity index (χ1n) is 19.0. The monoisotopic (exact) mass is 676 g/mol. The van der Waals surface area contributed by atoms with Gasteiger partial charge in [0.25, 0.3) is 0 Å². The van der Waals surface area contributed by atoms with E-state index in [2.05, 4.69) is 180 Å². The molecule has 0 bridgehead atoms. The zero-order valence-corrected chi connectivity index (χ0v) is 29.3. The number of nitrogens with one attached hydrogen (secondary N) is 1.